The molecule has 1 aromatic rings. The summed E-state index contributed by atoms with van der Waals surface area (Å²) in [4.78, 5) is -0.374. The molecule has 0 nitrogen and oxygen atoms in total. The largest absolute Gasteiger partial charge is 0.207 e. The van der Waals surface area contributed by atoms with Crippen LogP contribution in [0.5, 0.6) is 0 Å². The van der Waals surface area contributed by atoms with E-state index in [0.29, 0.717) is 12.3 Å². The van der Waals surface area contributed by atoms with Gasteiger partial charge in [-0.1, -0.05) is 48.0 Å². The maximum Gasteiger partial charge on any atom is 0.133 e. The molecule has 100 valence electrons. The van der Waals surface area contributed by atoms with E-state index in [-0.39, 0.29) is 10.4 Å². The summed E-state index contributed by atoms with van der Waals surface area (Å²) >= 11 is 3.35. The molecule has 0 N–H and O–H groups in total. The first-order chi connectivity index (χ1) is 8.58. The predicted octanol–water partition coefficient (Wildman–Crippen LogP) is 5.51. The molecule has 1 unspecified atom stereocenters. The molecule has 0 radical (unpaired) electrons. The summed E-state index contributed by atoms with van der Waals surface area (Å²) in [5, 5.41) is 0. The van der Waals surface area contributed by atoms with E-state index < -0.39 is 17.5 Å². The minimum Gasteiger partial charge on any atom is -0.207 e. The number of hydrogen-bond donors (Lipinski definition) is 0. The number of hydrogen-bond acceptors (Lipinski definition) is 0. The molecule has 18 heavy (non-hydrogen) atoms. The number of benzene rings is 1. The second-order valence-electron chi connectivity index (χ2n) is 4.99. The Morgan fingerprint density at radius 1 is 1.06 bits per heavy atom. The standard InChI is InChI=1S/C14H16BrF3/c15-11(6-9-4-2-1-3-5-9)14-12(17)7-10(16)8-13(14)18/h7-9,11H,1-6H2. The lowest BCUT2D eigenvalue weighted by molar-refractivity contribution is 0.335. The van der Waals surface area contributed by atoms with Crippen LogP contribution in [0, 0.1) is 23.4 Å². The Morgan fingerprint density at radius 2 is 1.61 bits per heavy atom. The van der Waals surface area contributed by atoms with Crippen LogP contribution >= 0.6 is 15.9 Å². The van der Waals surface area contributed by atoms with Crippen molar-refractivity contribution >= 4 is 15.9 Å². The summed E-state index contributed by atoms with van der Waals surface area (Å²) in [5.41, 5.74) is -0.0398. The van der Waals surface area contributed by atoms with Gasteiger partial charge in [0.05, 0.1) is 0 Å². The van der Waals surface area contributed by atoms with Crippen molar-refractivity contribution in [1.29, 1.82) is 0 Å². The molecule has 0 saturated heterocycles. The summed E-state index contributed by atoms with van der Waals surface area (Å²) in [5.74, 6) is -1.96. The normalized spacial score (nSPS) is 18.9. The lowest BCUT2D eigenvalue weighted by Crippen LogP contribution is -2.10. The third-order valence-corrected chi connectivity index (χ3v) is 4.45. The van der Waals surface area contributed by atoms with Crippen molar-refractivity contribution in [3.63, 3.8) is 0 Å². The van der Waals surface area contributed by atoms with E-state index in [4.69, 9.17) is 0 Å². The second-order valence-corrected chi connectivity index (χ2v) is 6.10. The van der Waals surface area contributed by atoms with E-state index in [1.165, 1.54) is 19.3 Å². The lowest BCUT2D eigenvalue weighted by atomic mass is 9.85. The molecular weight excluding hydrogens is 305 g/mol. The van der Waals surface area contributed by atoms with Crippen LogP contribution in [-0.2, 0) is 0 Å². The van der Waals surface area contributed by atoms with Gasteiger partial charge >= 0.3 is 0 Å². The van der Waals surface area contributed by atoms with Gasteiger partial charge in [-0.2, -0.15) is 0 Å². The van der Waals surface area contributed by atoms with Crippen molar-refractivity contribution in [2.75, 3.05) is 0 Å². The lowest BCUT2D eigenvalue weighted by Gasteiger charge is -2.24. The van der Waals surface area contributed by atoms with Gasteiger partial charge in [0.1, 0.15) is 17.5 Å². The summed E-state index contributed by atoms with van der Waals surface area (Å²) in [7, 11) is 0. The average Bonchev–Trinajstić information content (AvgIpc) is 2.28. The van der Waals surface area contributed by atoms with Gasteiger partial charge in [0.25, 0.3) is 0 Å². The van der Waals surface area contributed by atoms with Crippen LogP contribution < -0.4 is 0 Å². The molecule has 0 heterocycles. The molecule has 2 rings (SSSR count). The highest BCUT2D eigenvalue weighted by atomic mass is 79.9. The van der Waals surface area contributed by atoms with Crippen molar-refractivity contribution in [3.05, 3.63) is 35.1 Å². The van der Waals surface area contributed by atoms with Crippen molar-refractivity contribution in [3.8, 4) is 0 Å². The minimum atomic E-state index is -0.869. The van der Waals surface area contributed by atoms with E-state index in [1.54, 1.807) is 0 Å². The maximum absolute atomic E-state index is 13.6. The summed E-state index contributed by atoms with van der Waals surface area (Å²) < 4.78 is 40.0. The van der Waals surface area contributed by atoms with Crippen molar-refractivity contribution in [1.82, 2.24) is 0 Å². The molecular formula is C14H16BrF3. The third kappa shape index (κ3) is 3.28. The van der Waals surface area contributed by atoms with Crippen LogP contribution in [0.15, 0.2) is 12.1 Å². The second kappa shape index (κ2) is 6.09. The molecule has 0 aromatic heterocycles. The topological polar surface area (TPSA) is 0 Å². The summed E-state index contributed by atoms with van der Waals surface area (Å²) in [6, 6.07) is 1.49. The molecule has 1 atom stereocenters. The number of alkyl halides is 1. The van der Waals surface area contributed by atoms with Gasteiger partial charge in [0.2, 0.25) is 0 Å². The van der Waals surface area contributed by atoms with E-state index >= 15 is 0 Å². The van der Waals surface area contributed by atoms with Gasteiger partial charge in [0, 0.05) is 22.5 Å². The van der Waals surface area contributed by atoms with Crippen LogP contribution in [-0.4, -0.2) is 0 Å². The SMILES string of the molecule is Fc1cc(F)c(C(Br)CC2CCCCC2)c(F)c1. The smallest absolute Gasteiger partial charge is 0.133 e. The highest BCUT2D eigenvalue weighted by Gasteiger charge is 2.23. The Balaban J connectivity index is 2.10. The third-order valence-electron chi connectivity index (χ3n) is 3.62. The van der Waals surface area contributed by atoms with Crippen molar-refractivity contribution in [2.24, 2.45) is 5.92 Å². The van der Waals surface area contributed by atoms with Gasteiger partial charge in [-0.25, -0.2) is 13.2 Å². The molecule has 1 aromatic carbocycles. The Hall–Kier alpha value is -0.510. The molecule has 1 aliphatic carbocycles. The Bertz CT molecular complexity index is 390. The van der Waals surface area contributed by atoms with Gasteiger partial charge < -0.3 is 0 Å². The molecule has 0 aliphatic heterocycles. The first-order valence-corrected chi connectivity index (χ1v) is 7.28. The minimum absolute atomic E-state index is 0.0398. The average molecular weight is 321 g/mol. The molecule has 4 heteroatoms. The van der Waals surface area contributed by atoms with E-state index in [2.05, 4.69) is 15.9 Å². The molecule has 1 fully saturated rings. The maximum atomic E-state index is 13.6. The van der Waals surface area contributed by atoms with E-state index in [0.717, 1.165) is 25.0 Å². The van der Waals surface area contributed by atoms with Gasteiger partial charge in [0.15, 0.2) is 0 Å². The van der Waals surface area contributed by atoms with E-state index in [1.807, 2.05) is 0 Å². The van der Waals surface area contributed by atoms with Crippen molar-refractivity contribution < 1.29 is 13.2 Å². The van der Waals surface area contributed by atoms with Crippen LogP contribution in [0.3, 0.4) is 0 Å². The van der Waals surface area contributed by atoms with Crippen molar-refractivity contribution in [2.45, 2.75) is 43.4 Å². The number of rotatable bonds is 3. The fraction of sp³-hybridized carbons (Fsp3) is 0.571. The zero-order chi connectivity index (χ0) is 13.1. The zero-order valence-electron chi connectivity index (χ0n) is 10.1. The Labute approximate surface area is 114 Å². The quantitative estimate of drug-likeness (QED) is 0.644. The first-order valence-electron chi connectivity index (χ1n) is 6.36. The fourth-order valence-electron chi connectivity index (χ4n) is 2.69. The summed E-state index contributed by atoms with van der Waals surface area (Å²) in [6.45, 7) is 0. The van der Waals surface area contributed by atoms with Crippen LogP contribution in [0.1, 0.15) is 48.9 Å². The first kappa shape index (κ1) is 13.9. The fourth-order valence-corrected chi connectivity index (χ4v) is 3.65. The van der Waals surface area contributed by atoms with E-state index in [9.17, 15) is 13.2 Å². The Kier molecular flexibility index (Phi) is 4.71. The summed E-state index contributed by atoms with van der Waals surface area (Å²) in [6.07, 6.45) is 6.58. The van der Waals surface area contributed by atoms with Gasteiger partial charge in [-0.05, 0) is 12.3 Å². The van der Waals surface area contributed by atoms with Crippen LogP contribution in [0.2, 0.25) is 0 Å². The van der Waals surface area contributed by atoms with Gasteiger partial charge in [-0.3, -0.25) is 0 Å². The Morgan fingerprint density at radius 3 is 2.17 bits per heavy atom. The van der Waals surface area contributed by atoms with Crippen LogP contribution in [0.4, 0.5) is 13.2 Å². The van der Waals surface area contributed by atoms with Crippen LogP contribution in [0.25, 0.3) is 0 Å². The molecule has 0 bridgehead atoms. The predicted molar refractivity (Wildman–Crippen MR) is 69.2 cm³/mol. The zero-order valence-corrected chi connectivity index (χ0v) is 11.6. The molecule has 1 saturated carbocycles. The highest BCUT2D eigenvalue weighted by molar-refractivity contribution is 9.09. The number of halogens is 4. The monoisotopic (exact) mass is 320 g/mol. The van der Waals surface area contributed by atoms with Gasteiger partial charge in [-0.15, -0.1) is 0 Å². The highest BCUT2D eigenvalue weighted by Crippen LogP contribution is 2.38. The molecule has 0 spiro atoms. The molecule has 0 amide bonds. The molecule has 1 aliphatic rings.